The number of aliphatic imine (C=N–C) groups is 1. The number of hydrogen-bond acceptors (Lipinski definition) is 3. The molecule has 0 aliphatic rings. The molecule has 0 spiro atoms. The highest BCUT2D eigenvalue weighted by molar-refractivity contribution is 14.0. The Morgan fingerprint density at radius 3 is 2.42 bits per heavy atom. The third-order valence-electron chi connectivity index (χ3n) is 3.54. The summed E-state index contributed by atoms with van der Waals surface area (Å²) in [6.45, 7) is 1.55. The maximum atomic E-state index is 4.31. The van der Waals surface area contributed by atoms with Crippen LogP contribution in [0.15, 0.2) is 53.7 Å². The number of guanidine groups is 1. The topological polar surface area (TPSA) is 52.6 Å². The second-order valence-corrected chi connectivity index (χ2v) is 5.48. The second kappa shape index (κ2) is 10.9. The minimum absolute atomic E-state index is 0. The van der Waals surface area contributed by atoms with Gasteiger partial charge in [-0.25, -0.2) is 0 Å². The van der Waals surface area contributed by atoms with Crippen molar-refractivity contribution >= 4 is 35.6 Å². The Bertz CT molecular complexity index is 611. The van der Waals surface area contributed by atoms with E-state index in [0.29, 0.717) is 0 Å². The molecule has 5 nitrogen and oxygen atoms in total. The summed E-state index contributed by atoms with van der Waals surface area (Å²) in [5, 5.41) is 6.63. The molecular weight excluding hydrogens is 413 g/mol. The Morgan fingerprint density at radius 1 is 1.08 bits per heavy atom. The van der Waals surface area contributed by atoms with Crippen LogP contribution in [0, 0.1) is 0 Å². The number of anilines is 1. The fourth-order valence-corrected chi connectivity index (χ4v) is 2.17. The molecule has 2 N–H and O–H groups in total. The third kappa shape index (κ3) is 6.74. The molecule has 1 aromatic heterocycles. The van der Waals surface area contributed by atoms with E-state index in [-0.39, 0.29) is 24.0 Å². The highest BCUT2D eigenvalue weighted by Gasteiger charge is 2.00. The van der Waals surface area contributed by atoms with Gasteiger partial charge < -0.3 is 15.5 Å². The zero-order valence-electron chi connectivity index (χ0n) is 14.5. The van der Waals surface area contributed by atoms with E-state index in [0.717, 1.165) is 31.2 Å². The third-order valence-corrected chi connectivity index (χ3v) is 3.54. The number of nitrogens with one attached hydrogen (secondary N) is 2. The zero-order chi connectivity index (χ0) is 16.5. The first-order valence-electron chi connectivity index (χ1n) is 7.79. The number of pyridine rings is 1. The molecule has 2 aromatic rings. The van der Waals surface area contributed by atoms with Gasteiger partial charge in [-0.1, -0.05) is 18.2 Å². The Hall–Kier alpha value is -1.83. The first-order chi connectivity index (χ1) is 11.2. The molecule has 0 fully saturated rings. The molecule has 0 saturated carbocycles. The van der Waals surface area contributed by atoms with Gasteiger partial charge in [0.05, 0.1) is 0 Å². The fourth-order valence-electron chi connectivity index (χ4n) is 2.17. The van der Waals surface area contributed by atoms with Gasteiger partial charge in [-0.2, -0.15) is 0 Å². The normalized spacial score (nSPS) is 10.7. The van der Waals surface area contributed by atoms with E-state index >= 15 is 0 Å². The van der Waals surface area contributed by atoms with E-state index in [1.807, 2.05) is 38.5 Å². The van der Waals surface area contributed by atoms with E-state index in [4.69, 9.17) is 0 Å². The van der Waals surface area contributed by atoms with Crippen LogP contribution in [0.1, 0.15) is 11.3 Å². The maximum Gasteiger partial charge on any atom is 0.191 e. The van der Waals surface area contributed by atoms with Crippen LogP contribution >= 0.6 is 24.0 Å². The van der Waals surface area contributed by atoms with Gasteiger partial charge in [-0.3, -0.25) is 9.98 Å². The van der Waals surface area contributed by atoms with Gasteiger partial charge in [-0.15, -0.1) is 24.0 Å². The van der Waals surface area contributed by atoms with Crippen LogP contribution in [0.2, 0.25) is 0 Å². The predicted octanol–water partition coefficient (Wildman–Crippen LogP) is 2.67. The van der Waals surface area contributed by atoms with Gasteiger partial charge in [0.25, 0.3) is 0 Å². The summed E-state index contributed by atoms with van der Waals surface area (Å²) >= 11 is 0. The van der Waals surface area contributed by atoms with Crippen LogP contribution in [-0.4, -0.2) is 38.6 Å². The van der Waals surface area contributed by atoms with E-state index in [1.54, 1.807) is 7.05 Å². The predicted molar refractivity (Wildman–Crippen MR) is 112 cm³/mol. The van der Waals surface area contributed by atoms with E-state index < -0.39 is 0 Å². The summed E-state index contributed by atoms with van der Waals surface area (Å²) in [6, 6.07) is 14.5. The standard InChI is InChI=1S/C18H25N5.HI/c1-19-18(21-13-11-16-6-4-5-12-20-16)22-14-15-7-9-17(10-8-15)23(2)3;/h4-10,12H,11,13-14H2,1-3H3,(H2,19,21,22);1H. The molecule has 0 radical (unpaired) electrons. The lowest BCUT2D eigenvalue weighted by Gasteiger charge is -2.14. The lowest BCUT2D eigenvalue weighted by atomic mass is 10.2. The number of benzene rings is 1. The van der Waals surface area contributed by atoms with Gasteiger partial charge in [0, 0.05) is 58.2 Å². The molecule has 0 saturated heterocycles. The molecule has 130 valence electrons. The number of halogens is 1. The smallest absolute Gasteiger partial charge is 0.191 e. The Morgan fingerprint density at radius 2 is 1.83 bits per heavy atom. The molecule has 1 heterocycles. The number of rotatable bonds is 6. The van der Waals surface area contributed by atoms with Gasteiger partial charge in [-0.05, 0) is 29.8 Å². The van der Waals surface area contributed by atoms with Crippen LogP contribution in [-0.2, 0) is 13.0 Å². The lowest BCUT2D eigenvalue weighted by Crippen LogP contribution is -2.37. The summed E-state index contributed by atoms with van der Waals surface area (Å²) in [5.41, 5.74) is 3.50. The maximum absolute atomic E-state index is 4.31. The van der Waals surface area contributed by atoms with Gasteiger partial charge in [0.1, 0.15) is 0 Å². The van der Waals surface area contributed by atoms with Gasteiger partial charge >= 0.3 is 0 Å². The van der Waals surface area contributed by atoms with Crippen LogP contribution < -0.4 is 15.5 Å². The minimum Gasteiger partial charge on any atom is -0.378 e. The van der Waals surface area contributed by atoms with Crippen molar-refractivity contribution in [2.45, 2.75) is 13.0 Å². The molecule has 1 aromatic carbocycles. The second-order valence-electron chi connectivity index (χ2n) is 5.48. The SMILES string of the molecule is CN=C(NCCc1ccccn1)NCc1ccc(N(C)C)cc1.I. The molecule has 0 amide bonds. The summed E-state index contributed by atoms with van der Waals surface area (Å²) < 4.78 is 0. The van der Waals surface area contributed by atoms with Crippen LogP contribution in [0.3, 0.4) is 0 Å². The molecular formula is C18H26IN5. The summed E-state index contributed by atoms with van der Waals surface area (Å²) in [5.74, 6) is 0.803. The van der Waals surface area contributed by atoms with E-state index in [1.165, 1.54) is 11.3 Å². The van der Waals surface area contributed by atoms with Gasteiger partial charge in [0.15, 0.2) is 5.96 Å². The Balaban J connectivity index is 0.00000288. The quantitative estimate of drug-likeness (QED) is 0.413. The highest BCUT2D eigenvalue weighted by Crippen LogP contribution is 2.11. The first kappa shape index (κ1) is 20.2. The molecule has 0 aliphatic heterocycles. The van der Waals surface area contributed by atoms with Crippen molar-refractivity contribution in [2.24, 2.45) is 4.99 Å². The molecule has 24 heavy (non-hydrogen) atoms. The van der Waals surface area contributed by atoms with Crippen molar-refractivity contribution in [1.82, 2.24) is 15.6 Å². The number of hydrogen-bond donors (Lipinski definition) is 2. The molecule has 0 aliphatic carbocycles. The average molecular weight is 439 g/mol. The van der Waals surface area contributed by atoms with E-state index in [9.17, 15) is 0 Å². The van der Waals surface area contributed by atoms with Crippen molar-refractivity contribution in [2.75, 3.05) is 32.6 Å². The highest BCUT2D eigenvalue weighted by atomic mass is 127. The molecule has 2 rings (SSSR count). The van der Waals surface area contributed by atoms with Crippen molar-refractivity contribution in [3.05, 3.63) is 59.9 Å². The van der Waals surface area contributed by atoms with Crippen LogP contribution in [0.4, 0.5) is 5.69 Å². The molecule has 0 bridgehead atoms. The van der Waals surface area contributed by atoms with Crippen molar-refractivity contribution < 1.29 is 0 Å². The average Bonchev–Trinajstić information content (AvgIpc) is 2.59. The monoisotopic (exact) mass is 439 g/mol. The van der Waals surface area contributed by atoms with E-state index in [2.05, 4.69) is 49.8 Å². The molecule has 6 heteroatoms. The van der Waals surface area contributed by atoms with Crippen LogP contribution in [0.25, 0.3) is 0 Å². The van der Waals surface area contributed by atoms with Gasteiger partial charge in [0.2, 0.25) is 0 Å². The first-order valence-corrected chi connectivity index (χ1v) is 7.79. The van der Waals surface area contributed by atoms with Crippen molar-refractivity contribution in [1.29, 1.82) is 0 Å². The summed E-state index contributed by atoms with van der Waals surface area (Å²) in [4.78, 5) is 10.7. The molecule has 0 atom stereocenters. The Kier molecular flexibility index (Phi) is 9.14. The van der Waals surface area contributed by atoms with Crippen LogP contribution in [0.5, 0.6) is 0 Å². The zero-order valence-corrected chi connectivity index (χ0v) is 16.8. The fraction of sp³-hybridized carbons (Fsp3) is 0.333. The lowest BCUT2D eigenvalue weighted by molar-refractivity contribution is 0.784. The van der Waals surface area contributed by atoms with Crippen molar-refractivity contribution in [3.63, 3.8) is 0 Å². The Labute approximate surface area is 161 Å². The number of aromatic nitrogens is 1. The molecule has 0 unspecified atom stereocenters. The number of nitrogens with zero attached hydrogens (tertiary/aromatic N) is 3. The largest absolute Gasteiger partial charge is 0.378 e. The summed E-state index contributed by atoms with van der Waals surface area (Å²) in [6.07, 6.45) is 2.69. The minimum atomic E-state index is 0. The van der Waals surface area contributed by atoms with Crippen molar-refractivity contribution in [3.8, 4) is 0 Å². The summed E-state index contributed by atoms with van der Waals surface area (Å²) in [7, 11) is 5.87.